The quantitative estimate of drug-likeness (QED) is 0.687. The van der Waals surface area contributed by atoms with Crippen LogP contribution in [-0.2, 0) is 9.53 Å². The van der Waals surface area contributed by atoms with Crippen LogP contribution in [0.25, 0.3) is 0 Å². The van der Waals surface area contributed by atoms with Gasteiger partial charge >= 0.3 is 6.09 Å². The van der Waals surface area contributed by atoms with Gasteiger partial charge in [-0.1, -0.05) is 6.92 Å². The van der Waals surface area contributed by atoms with E-state index in [1.54, 1.807) is 4.90 Å². The van der Waals surface area contributed by atoms with Crippen molar-refractivity contribution < 1.29 is 14.3 Å². The van der Waals surface area contributed by atoms with Crippen LogP contribution in [0.1, 0.15) is 33.6 Å². The van der Waals surface area contributed by atoms with Gasteiger partial charge in [0.05, 0.1) is 0 Å². The SMILES string of the molecule is [CH2]CC1CN(C(=O)OC(C)(C)C)CCC1=O. The van der Waals surface area contributed by atoms with Gasteiger partial charge in [-0.2, -0.15) is 0 Å². The van der Waals surface area contributed by atoms with E-state index in [1.165, 1.54) is 0 Å². The predicted octanol–water partition coefficient (Wildman–Crippen LogP) is 2.04. The van der Waals surface area contributed by atoms with E-state index in [1.807, 2.05) is 20.8 Å². The van der Waals surface area contributed by atoms with Gasteiger partial charge in [0, 0.05) is 25.4 Å². The van der Waals surface area contributed by atoms with Gasteiger partial charge in [-0.15, -0.1) is 0 Å². The summed E-state index contributed by atoms with van der Waals surface area (Å²) < 4.78 is 5.26. The number of likely N-dealkylation sites (tertiary alicyclic amines) is 1. The number of ether oxygens (including phenoxy) is 1. The third-order valence-electron chi connectivity index (χ3n) is 2.52. The molecule has 0 aliphatic carbocycles. The van der Waals surface area contributed by atoms with Gasteiger partial charge in [0.2, 0.25) is 0 Å². The van der Waals surface area contributed by atoms with E-state index in [-0.39, 0.29) is 17.8 Å². The van der Waals surface area contributed by atoms with Crippen molar-refractivity contribution in [2.24, 2.45) is 5.92 Å². The summed E-state index contributed by atoms with van der Waals surface area (Å²) in [7, 11) is 0. The molecular weight excluding hydrogens is 206 g/mol. The summed E-state index contributed by atoms with van der Waals surface area (Å²) in [5.74, 6) is 0.0797. The number of carbonyl (C=O) groups is 2. The molecule has 0 aromatic rings. The highest BCUT2D eigenvalue weighted by Gasteiger charge is 2.30. The first-order chi connectivity index (χ1) is 7.33. The smallest absolute Gasteiger partial charge is 0.410 e. The monoisotopic (exact) mass is 226 g/mol. The average molecular weight is 226 g/mol. The Morgan fingerprint density at radius 3 is 2.69 bits per heavy atom. The van der Waals surface area contributed by atoms with Crippen molar-refractivity contribution in [2.75, 3.05) is 13.1 Å². The zero-order chi connectivity index (χ0) is 12.3. The fraction of sp³-hybridized carbons (Fsp3) is 0.750. The van der Waals surface area contributed by atoms with Crippen molar-refractivity contribution in [1.82, 2.24) is 4.90 Å². The van der Waals surface area contributed by atoms with Gasteiger partial charge in [0.25, 0.3) is 0 Å². The zero-order valence-corrected chi connectivity index (χ0v) is 10.3. The summed E-state index contributed by atoms with van der Waals surface area (Å²) in [5.41, 5.74) is -0.488. The van der Waals surface area contributed by atoms with E-state index in [0.717, 1.165) is 0 Å². The van der Waals surface area contributed by atoms with Crippen LogP contribution in [0, 0.1) is 12.8 Å². The summed E-state index contributed by atoms with van der Waals surface area (Å²) in [6.45, 7) is 10.1. The van der Waals surface area contributed by atoms with Crippen molar-refractivity contribution in [1.29, 1.82) is 0 Å². The van der Waals surface area contributed by atoms with Gasteiger partial charge in [-0.05, 0) is 27.2 Å². The van der Waals surface area contributed by atoms with Crippen molar-refractivity contribution >= 4 is 11.9 Å². The zero-order valence-electron chi connectivity index (χ0n) is 10.3. The molecule has 0 N–H and O–H groups in total. The van der Waals surface area contributed by atoms with Gasteiger partial charge in [0.1, 0.15) is 11.4 Å². The minimum absolute atomic E-state index is 0.124. The Morgan fingerprint density at radius 1 is 1.56 bits per heavy atom. The van der Waals surface area contributed by atoms with Crippen molar-refractivity contribution in [2.45, 2.75) is 39.2 Å². The molecule has 0 spiro atoms. The van der Waals surface area contributed by atoms with E-state index < -0.39 is 5.60 Å². The molecule has 0 aromatic heterocycles. The number of hydrogen-bond acceptors (Lipinski definition) is 3. The Bertz CT molecular complexity index is 280. The molecular formula is C12H20NO3. The third-order valence-corrected chi connectivity index (χ3v) is 2.52. The fourth-order valence-corrected chi connectivity index (χ4v) is 1.65. The summed E-state index contributed by atoms with van der Waals surface area (Å²) in [4.78, 5) is 24.8. The topological polar surface area (TPSA) is 46.6 Å². The number of Topliss-reactive ketones (excluding diaryl/α,β-unsaturated/α-hetero) is 1. The first kappa shape index (κ1) is 13.0. The Kier molecular flexibility index (Phi) is 3.94. The fourth-order valence-electron chi connectivity index (χ4n) is 1.65. The van der Waals surface area contributed by atoms with E-state index in [4.69, 9.17) is 4.74 Å². The van der Waals surface area contributed by atoms with Crippen LogP contribution in [0.3, 0.4) is 0 Å². The van der Waals surface area contributed by atoms with E-state index >= 15 is 0 Å². The van der Waals surface area contributed by atoms with Crippen LogP contribution in [-0.4, -0.2) is 35.5 Å². The normalized spacial score (nSPS) is 22.1. The molecule has 1 atom stereocenters. The number of hydrogen-bond donors (Lipinski definition) is 0. The molecule has 1 saturated heterocycles. The predicted molar refractivity (Wildman–Crippen MR) is 60.9 cm³/mol. The van der Waals surface area contributed by atoms with Crippen LogP contribution in [0.4, 0.5) is 4.79 Å². The maximum Gasteiger partial charge on any atom is 0.410 e. The lowest BCUT2D eigenvalue weighted by Crippen LogP contribution is -2.46. The largest absolute Gasteiger partial charge is 0.444 e. The van der Waals surface area contributed by atoms with Crippen molar-refractivity contribution in [3.8, 4) is 0 Å². The molecule has 0 saturated carbocycles. The number of nitrogens with zero attached hydrogens (tertiary/aromatic N) is 1. The molecule has 1 heterocycles. The van der Waals surface area contributed by atoms with E-state index in [2.05, 4.69) is 6.92 Å². The molecule has 4 nitrogen and oxygen atoms in total. The van der Waals surface area contributed by atoms with Gasteiger partial charge in [0.15, 0.2) is 0 Å². The molecule has 1 fully saturated rings. The Balaban J connectivity index is 2.55. The molecule has 1 radical (unpaired) electrons. The number of ketones is 1. The summed E-state index contributed by atoms with van der Waals surface area (Å²) in [6.07, 6.45) is 0.621. The molecule has 1 aliphatic rings. The minimum Gasteiger partial charge on any atom is -0.444 e. The molecule has 0 aromatic carbocycles. The third kappa shape index (κ3) is 3.51. The molecule has 1 amide bonds. The summed E-state index contributed by atoms with van der Waals surface area (Å²) in [6, 6.07) is 0. The Hall–Kier alpha value is -1.06. The van der Waals surface area contributed by atoms with E-state index in [0.29, 0.717) is 25.9 Å². The Morgan fingerprint density at radius 2 is 2.19 bits per heavy atom. The highest BCUT2D eigenvalue weighted by Crippen LogP contribution is 2.18. The number of amides is 1. The number of piperidine rings is 1. The number of carbonyl (C=O) groups excluding carboxylic acids is 2. The second-order valence-electron chi connectivity index (χ2n) is 5.13. The van der Waals surface area contributed by atoms with Crippen molar-refractivity contribution in [3.63, 3.8) is 0 Å². The second kappa shape index (κ2) is 4.85. The van der Waals surface area contributed by atoms with Crippen LogP contribution < -0.4 is 0 Å². The minimum atomic E-state index is -0.488. The standard InChI is InChI=1S/C12H20NO3/c1-5-9-8-13(7-6-10(9)14)11(15)16-12(2,3)4/h9H,1,5-8H2,2-4H3. The van der Waals surface area contributed by atoms with Gasteiger partial charge in [-0.3, -0.25) is 4.79 Å². The highest BCUT2D eigenvalue weighted by atomic mass is 16.6. The molecule has 16 heavy (non-hydrogen) atoms. The van der Waals surface area contributed by atoms with Crippen LogP contribution in [0.5, 0.6) is 0 Å². The maximum atomic E-state index is 11.8. The lowest BCUT2D eigenvalue weighted by Gasteiger charge is -2.32. The van der Waals surface area contributed by atoms with E-state index in [9.17, 15) is 9.59 Å². The van der Waals surface area contributed by atoms with Gasteiger partial charge in [-0.25, -0.2) is 4.79 Å². The summed E-state index contributed by atoms with van der Waals surface area (Å²) in [5, 5.41) is 0. The van der Waals surface area contributed by atoms with Gasteiger partial charge < -0.3 is 9.64 Å². The highest BCUT2D eigenvalue weighted by molar-refractivity contribution is 5.84. The first-order valence-electron chi connectivity index (χ1n) is 5.63. The first-order valence-corrected chi connectivity index (χ1v) is 5.63. The molecule has 1 aliphatic heterocycles. The molecule has 91 valence electrons. The van der Waals surface area contributed by atoms with Crippen LogP contribution in [0.15, 0.2) is 0 Å². The van der Waals surface area contributed by atoms with Crippen LogP contribution >= 0.6 is 0 Å². The maximum absolute atomic E-state index is 11.8. The van der Waals surface area contributed by atoms with Crippen LogP contribution in [0.2, 0.25) is 0 Å². The molecule has 1 unspecified atom stereocenters. The Labute approximate surface area is 96.9 Å². The number of rotatable bonds is 1. The molecule has 4 heteroatoms. The van der Waals surface area contributed by atoms with Crippen molar-refractivity contribution in [3.05, 3.63) is 6.92 Å². The molecule has 0 bridgehead atoms. The molecule has 1 rings (SSSR count). The summed E-state index contributed by atoms with van der Waals surface area (Å²) >= 11 is 0. The lowest BCUT2D eigenvalue weighted by atomic mass is 9.94. The second-order valence-corrected chi connectivity index (χ2v) is 5.13. The average Bonchev–Trinajstić information content (AvgIpc) is 2.15. The lowest BCUT2D eigenvalue weighted by molar-refractivity contribution is -0.125.